The van der Waals surface area contributed by atoms with Crippen LogP contribution < -0.4 is 0 Å². The number of fused-ring (bicyclic) bond motifs is 2. The van der Waals surface area contributed by atoms with Gasteiger partial charge in [-0.1, -0.05) is 55.4 Å². The van der Waals surface area contributed by atoms with Crippen LogP contribution in [-0.4, -0.2) is 197 Å². The minimum absolute atomic E-state index is 0.00904. The Morgan fingerprint density at radius 3 is 1.20 bits per heavy atom. The Morgan fingerprint density at radius 2 is 0.782 bits per heavy atom. The first kappa shape index (κ1) is 107. The van der Waals surface area contributed by atoms with Crippen LogP contribution in [0.15, 0.2) is 0 Å². The molecule has 31 nitrogen and oxygen atoms in total. The van der Waals surface area contributed by atoms with Crippen molar-refractivity contribution in [1.29, 1.82) is 0 Å². The molecule has 19 fully saturated rings. The number of carbonyl (C=O) groups excluding carboxylic acids is 12. The van der Waals surface area contributed by atoms with Crippen molar-refractivity contribution in [2.45, 2.75) is 395 Å². The summed E-state index contributed by atoms with van der Waals surface area (Å²) in [5.74, 6) is 1.70. The van der Waals surface area contributed by atoms with E-state index in [1.165, 1.54) is 44.9 Å². The first-order chi connectivity index (χ1) is 61.9. The van der Waals surface area contributed by atoms with Crippen molar-refractivity contribution >= 4 is 91.9 Å². The molecule has 0 spiro atoms. The molecular weight excluding hydrogens is 1760 g/mol. The zero-order chi connectivity index (χ0) is 98.3. The predicted octanol–water partition coefficient (Wildman–Crippen LogP) is 14.8. The van der Waals surface area contributed by atoms with Crippen LogP contribution in [0.1, 0.15) is 332 Å². The number of esters is 12. The van der Waals surface area contributed by atoms with E-state index in [0.29, 0.717) is 112 Å². The summed E-state index contributed by atoms with van der Waals surface area (Å²) in [5.41, 5.74) is -4.69. The largest absolute Gasteiger partial charge is 0.463 e. The maximum atomic E-state index is 12.8. The highest BCUT2D eigenvalue weighted by Crippen LogP contribution is 2.65. The van der Waals surface area contributed by atoms with E-state index >= 15 is 0 Å². The molecule has 0 aromatic heterocycles. The second-order valence-corrected chi connectivity index (χ2v) is 49.8. The van der Waals surface area contributed by atoms with Gasteiger partial charge in [0, 0.05) is 36.5 Å². The molecule has 19 aliphatic rings. The molecule has 16 aliphatic carbocycles. The second kappa shape index (κ2) is 41.5. The molecule has 33 heteroatoms. The smallest absolute Gasteiger partial charge is 0.347 e. The van der Waals surface area contributed by atoms with Gasteiger partial charge in [0.1, 0.15) is 54.4 Å². The Balaban J connectivity index is 0.000000156. The Bertz CT molecular complexity index is 4410. The van der Waals surface area contributed by atoms with E-state index in [4.69, 9.17) is 65.2 Å². The zero-order valence-electron chi connectivity index (χ0n) is 83.0. The molecule has 0 radical (unpaired) electrons. The fourth-order valence-electron chi connectivity index (χ4n) is 24.4. The predicted molar refractivity (Wildman–Crippen MR) is 482 cm³/mol. The van der Waals surface area contributed by atoms with Crippen molar-refractivity contribution in [1.82, 2.24) is 0 Å². The van der Waals surface area contributed by atoms with Gasteiger partial charge in [-0.05, 0) is 316 Å². The first-order valence-corrected chi connectivity index (χ1v) is 52.7. The van der Waals surface area contributed by atoms with E-state index in [0.717, 1.165) is 87.9 Å². The number of hydrogen-bond donors (Lipinski definition) is 1. The number of carbonyl (C=O) groups is 12. The van der Waals surface area contributed by atoms with E-state index in [9.17, 15) is 79.5 Å². The lowest BCUT2D eigenvalue weighted by Crippen LogP contribution is -2.63. The minimum atomic E-state index is -3.56. The van der Waals surface area contributed by atoms with Gasteiger partial charge in [-0.25, -0.2) is 19.2 Å². The molecule has 754 valence electrons. The van der Waals surface area contributed by atoms with Gasteiger partial charge in [-0.2, -0.15) is 16.8 Å². The average molecular weight is 1920 g/mol. The molecule has 133 heavy (non-hydrogen) atoms. The third-order valence-electron chi connectivity index (χ3n) is 34.2. The van der Waals surface area contributed by atoms with Gasteiger partial charge in [0.15, 0.2) is 19.8 Å². The van der Waals surface area contributed by atoms with Crippen LogP contribution >= 0.6 is 0 Å². The average Bonchev–Trinajstić information content (AvgIpc) is 1.69. The van der Waals surface area contributed by atoms with Crippen molar-refractivity contribution in [3.8, 4) is 0 Å². The summed E-state index contributed by atoms with van der Waals surface area (Å²) >= 11 is 0. The van der Waals surface area contributed by atoms with Crippen LogP contribution in [0.3, 0.4) is 0 Å². The van der Waals surface area contributed by atoms with E-state index < -0.39 is 167 Å². The normalized spacial score (nSPS) is 35.4. The van der Waals surface area contributed by atoms with Crippen molar-refractivity contribution in [3.63, 3.8) is 0 Å². The number of rotatable bonds is 31. The summed E-state index contributed by atoms with van der Waals surface area (Å²) in [4.78, 5) is 143. The maximum absolute atomic E-state index is 12.8. The summed E-state index contributed by atoms with van der Waals surface area (Å²) in [6, 6.07) is 0. The van der Waals surface area contributed by atoms with Crippen molar-refractivity contribution in [2.24, 2.45) is 121 Å². The Kier molecular flexibility index (Phi) is 33.3. The topological polar surface area (TPSA) is 423 Å². The standard InChI is InChI=1S/C21H32O6.C19H28O9S.C19H32O2.C16H26O3.C15H22O7S.C10H16O4/c1-5-20(2,3)19(24)26-11-17(22)25-12-18(23)27-21(4)15-7-13-6-14(9-15)10-16(21)8-13;1-4-19(2,3)18(22)26-8-7-25-14(20)5-6-15(21)27-16-11-9-12-13(10-11)29(23,24)28-17(12)16;1-6-18(4,5)17(20)21-19(12(2)3)15-8-13-7-14(10-15)11-16(19)9-13;1-4-14(2,3)13(17)19-16-8-11-5-12(9-16)7-15(18,6-11)10-16;1-4-15(2,3)14(17)20-7-11(16)21-12-8-5-9-10(6-8)23(18,19)22-13(9)12;1-4-10(2,3)9(12)14-7-5-6-13-8(7)11/h13-16H,5-12H2,1-4H3;11-13,16-17H,4-10H2,1-3H3;12-16H,6-11H2,1-5H3;11-12,18H,4-10H2,1-3H3;8-10,12-13H,4-7H2,1-3H3;7H,4-6H2,1-3H3. The highest BCUT2D eigenvalue weighted by Gasteiger charge is 2.68. The van der Waals surface area contributed by atoms with Crippen molar-refractivity contribution in [2.75, 3.05) is 39.6 Å². The van der Waals surface area contributed by atoms with Crippen LogP contribution in [0.5, 0.6) is 0 Å². The fraction of sp³-hybridized carbons (Fsp3) is 0.880. The molecule has 13 unspecified atom stereocenters. The van der Waals surface area contributed by atoms with Gasteiger partial charge in [0.25, 0.3) is 20.2 Å². The molecule has 3 saturated heterocycles. The Labute approximate surface area is 788 Å². The molecule has 19 rings (SSSR count). The van der Waals surface area contributed by atoms with Crippen LogP contribution in [0.4, 0.5) is 0 Å². The SMILES string of the molecule is CCC(C)(C)C(=O)OC1(C(C)C)C2CC3CC(C2)CC1C3.CCC(C)(C)C(=O)OC12CC3CC(CC(O)(C3)C1)C2.CCC(C)(C)C(=O)OC1CCOC1=O.CCC(C)(C)C(=O)OCC(=O)OC1C2CC3C1OS(=O)(=O)C3C2.CCC(C)(C)C(=O)OCC(=O)OCC(=O)OC1(C)C2CC3CC(C2)CC1C3.CCC(C)(C)C(=O)OCCOC(=O)CCC(=O)OC1C2CC3C1OS(=O)(=O)C3C2. The molecule has 0 aromatic rings. The van der Waals surface area contributed by atoms with Crippen LogP contribution in [-0.2, 0) is 143 Å². The van der Waals surface area contributed by atoms with Gasteiger partial charge in [0.2, 0.25) is 6.10 Å². The quantitative estimate of drug-likeness (QED) is 0.0291. The van der Waals surface area contributed by atoms with Gasteiger partial charge in [-0.15, -0.1) is 0 Å². The molecule has 1 N–H and O–H groups in total. The number of aliphatic hydroxyl groups is 1. The zero-order valence-corrected chi connectivity index (χ0v) is 84.6. The molecular formula is C100H156O31S2. The molecule has 3 aliphatic heterocycles. The molecule has 13 atom stereocenters. The maximum Gasteiger partial charge on any atom is 0.347 e. The number of cyclic esters (lactones) is 1. The molecule has 0 amide bonds. The van der Waals surface area contributed by atoms with E-state index in [-0.39, 0.29) is 90.2 Å². The number of ether oxygens (including phenoxy) is 12. The third-order valence-corrected chi connectivity index (χ3v) is 37.7. The van der Waals surface area contributed by atoms with Crippen molar-refractivity contribution < 1.29 is 145 Å². The lowest BCUT2D eigenvalue weighted by atomic mass is 9.47. The highest BCUT2D eigenvalue weighted by molar-refractivity contribution is 7.88. The van der Waals surface area contributed by atoms with E-state index in [1.54, 1.807) is 55.4 Å². The monoisotopic (exact) mass is 1920 g/mol. The van der Waals surface area contributed by atoms with Gasteiger partial charge < -0.3 is 61.9 Å². The molecule has 16 saturated carbocycles. The lowest BCUT2D eigenvalue weighted by molar-refractivity contribution is -0.231. The van der Waals surface area contributed by atoms with Gasteiger partial charge in [0.05, 0.1) is 68.0 Å². The Hall–Kier alpha value is -6.58. The summed E-state index contributed by atoms with van der Waals surface area (Å²) in [5, 5.41) is 9.73. The fourth-order valence-corrected chi connectivity index (χ4v) is 28.2. The lowest BCUT2D eigenvalue weighted by Gasteiger charge is -2.62. The van der Waals surface area contributed by atoms with E-state index in [1.807, 2.05) is 62.3 Å². The third kappa shape index (κ3) is 24.1. The molecule has 3 heterocycles. The second-order valence-electron chi connectivity index (χ2n) is 46.3. The van der Waals surface area contributed by atoms with Crippen LogP contribution in [0.2, 0.25) is 0 Å². The number of hydrogen-bond acceptors (Lipinski definition) is 31. The Morgan fingerprint density at radius 1 is 0.406 bits per heavy atom. The summed E-state index contributed by atoms with van der Waals surface area (Å²) in [6.07, 6.45) is 21.8. The first-order valence-electron chi connectivity index (χ1n) is 49.7. The van der Waals surface area contributed by atoms with Crippen molar-refractivity contribution in [3.05, 3.63) is 0 Å². The minimum Gasteiger partial charge on any atom is -0.463 e. The molecule has 16 bridgehead atoms. The highest BCUT2D eigenvalue weighted by atomic mass is 32.2. The van der Waals surface area contributed by atoms with Crippen LogP contribution in [0, 0.1) is 121 Å². The summed E-state index contributed by atoms with van der Waals surface area (Å²) in [7, 11) is -7.08. The van der Waals surface area contributed by atoms with E-state index in [2.05, 4.69) is 27.7 Å². The molecule has 0 aromatic carbocycles. The van der Waals surface area contributed by atoms with Gasteiger partial charge in [-0.3, -0.25) is 46.7 Å². The van der Waals surface area contributed by atoms with Gasteiger partial charge >= 0.3 is 71.6 Å². The summed E-state index contributed by atoms with van der Waals surface area (Å²) in [6.45, 7) is 39.2. The van der Waals surface area contributed by atoms with Crippen LogP contribution in [0.25, 0.3) is 0 Å². The summed E-state index contributed by atoms with van der Waals surface area (Å²) < 4.78 is 121.